The Morgan fingerprint density at radius 1 is 1.28 bits per heavy atom. The lowest BCUT2D eigenvalue weighted by Crippen LogP contribution is -2.70. The molecule has 0 bridgehead atoms. The number of esters is 1. The van der Waals surface area contributed by atoms with Crippen LogP contribution in [0.3, 0.4) is 0 Å². The molecule has 3 rings (SSSR count). The average Bonchev–Trinajstić information content (AvgIpc) is 2.72. The molecule has 2 aliphatic heterocycles. The van der Waals surface area contributed by atoms with Crippen molar-refractivity contribution in [3.8, 4) is 0 Å². The van der Waals surface area contributed by atoms with Crippen LogP contribution in [0.4, 0.5) is 0 Å². The van der Waals surface area contributed by atoms with E-state index in [0.717, 1.165) is 22.7 Å². The topological polar surface area (TPSA) is 133 Å². The van der Waals surface area contributed by atoms with Gasteiger partial charge in [-0.2, -0.15) is 0 Å². The Morgan fingerprint density at radius 2 is 1.93 bits per heavy atom. The smallest absolute Gasteiger partial charge is 0.352 e. The Labute approximate surface area is 170 Å². The number of carboxylic acid groups (broad SMARTS) is 1. The number of amides is 2. The van der Waals surface area contributed by atoms with Gasteiger partial charge in [-0.25, -0.2) is 9.59 Å². The van der Waals surface area contributed by atoms with Crippen LogP contribution in [0.5, 0.6) is 0 Å². The number of hydrogen-bond donors (Lipinski definition) is 3. The van der Waals surface area contributed by atoms with Crippen molar-refractivity contribution in [1.82, 2.24) is 10.2 Å². The largest absolute Gasteiger partial charge is 0.477 e. The number of carbonyl (C=O) groups is 4. The number of fused-ring (bicyclic) bond motifs is 1. The number of thioether (sulfide) groups is 1. The first-order valence-electron chi connectivity index (χ1n) is 8.53. The highest BCUT2D eigenvalue weighted by Crippen LogP contribution is 2.46. The lowest BCUT2D eigenvalue weighted by atomic mass is 10.0. The molecule has 1 saturated heterocycles. The summed E-state index contributed by atoms with van der Waals surface area (Å²) in [5.74, 6) is -3.39. The Kier molecular flexibility index (Phi) is 5.76. The van der Waals surface area contributed by atoms with E-state index in [0.29, 0.717) is 10.5 Å². The van der Waals surface area contributed by atoms with Gasteiger partial charge >= 0.3 is 11.9 Å². The molecule has 1 aromatic rings. The van der Waals surface area contributed by atoms with E-state index in [1.54, 1.807) is 30.3 Å². The fraction of sp³-hybridized carbons (Fsp3) is 0.263. The van der Waals surface area contributed by atoms with Gasteiger partial charge in [-0.1, -0.05) is 42.1 Å². The van der Waals surface area contributed by atoms with Crippen molar-refractivity contribution >= 4 is 35.5 Å². The molecule has 3 unspecified atom stereocenters. The van der Waals surface area contributed by atoms with Crippen LogP contribution in [0.1, 0.15) is 18.6 Å². The van der Waals surface area contributed by atoms with Gasteiger partial charge in [0.05, 0.1) is 7.11 Å². The third-order valence-corrected chi connectivity index (χ3v) is 5.97. The molecular formula is C19H18N2O7S. The predicted molar refractivity (Wildman–Crippen MR) is 102 cm³/mol. The van der Waals surface area contributed by atoms with Crippen LogP contribution in [0.15, 0.2) is 52.6 Å². The number of benzene rings is 1. The highest BCUT2D eigenvalue weighted by molar-refractivity contribution is 8.04. The Balaban J connectivity index is 1.84. The fourth-order valence-corrected chi connectivity index (χ4v) is 4.39. The Hall–Kier alpha value is -3.11. The van der Waals surface area contributed by atoms with Gasteiger partial charge in [0, 0.05) is 11.0 Å². The number of nitrogens with zero attached hydrogens (tertiary/aromatic N) is 1. The minimum absolute atomic E-state index is 0.242. The van der Waals surface area contributed by atoms with Gasteiger partial charge in [0.15, 0.2) is 6.10 Å². The number of carboxylic acids is 1. The monoisotopic (exact) mass is 418 g/mol. The molecular weight excluding hydrogens is 400 g/mol. The lowest BCUT2D eigenvalue weighted by Gasteiger charge is -2.49. The third kappa shape index (κ3) is 3.76. The van der Waals surface area contributed by atoms with Gasteiger partial charge in [0.1, 0.15) is 17.1 Å². The molecule has 3 atom stereocenters. The van der Waals surface area contributed by atoms with Crippen molar-refractivity contribution in [2.45, 2.75) is 24.4 Å². The summed E-state index contributed by atoms with van der Waals surface area (Å²) in [6.45, 7) is 1.49. The minimum atomic E-state index is -1.48. The molecule has 2 heterocycles. The molecule has 29 heavy (non-hydrogen) atoms. The number of nitrogens with one attached hydrogen (secondary N) is 1. The number of aliphatic carboxylic acids is 1. The second-order valence-electron chi connectivity index (χ2n) is 6.33. The van der Waals surface area contributed by atoms with Crippen molar-refractivity contribution in [2.75, 3.05) is 7.11 Å². The third-order valence-electron chi connectivity index (χ3n) is 4.57. The standard InChI is InChI=1S/C19H18N2O7S/c1-9-11(8-12(22)28-2)29-18-13(17(25)21(18)14(9)19(26)27)20-16(24)15(23)10-6-4-3-5-7-10/h3-8,13,15,18,23H,1-2H3,(H,20,24)(H,26,27)/b11-8-. The minimum Gasteiger partial charge on any atom is -0.477 e. The maximum absolute atomic E-state index is 12.5. The maximum Gasteiger partial charge on any atom is 0.352 e. The van der Waals surface area contributed by atoms with Crippen LogP contribution in [-0.2, 0) is 23.9 Å². The Morgan fingerprint density at radius 3 is 2.52 bits per heavy atom. The second-order valence-corrected chi connectivity index (χ2v) is 7.49. The van der Waals surface area contributed by atoms with Crippen molar-refractivity contribution in [2.24, 2.45) is 0 Å². The van der Waals surface area contributed by atoms with Crippen molar-refractivity contribution in [3.05, 3.63) is 58.1 Å². The number of carbonyl (C=O) groups excluding carboxylic acids is 3. The summed E-state index contributed by atoms with van der Waals surface area (Å²) in [5.41, 5.74) is 0.341. The van der Waals surface area contributed by atoms with Gasteiger partial charge in [0.2, 0.25) is 0 Å². The summed E-state index contributed by atoms with van der Waals surface area (Å²) >= 11 is 1.06. The van der Waals surface area contributed by atoms with Crippen molar-refractivity contribution in [3.63, 3.8) is 0 Å². The van der Waals surface area contributed by atoms with E-state index >= 15 is 0 Å². The van der Waals surface area contributed by atoms with Crippen LogP contribution in [-0.4, -0.2) is 57.4 Å². The number of ether oxygens (including phenoxy) is 1. The molecule has 0 radical (unpaired) electrons. The zero-order chi connectivity index (χ0) is 21.3. The first-order valence-corrected chi connectivity index (χ1v) is 9.41. The highest BCUT2D eigenvalue weighted by atomic mass is 32.2. The van der Waals surface area contributed by atoms with Crippen LogP contribution in [0.2, 0.25) is 0 Å². The van der Waals surface area contributed by atoms with Crippen molar-refractivity contribution < 1.29 is 34.1 Å². The zero-order valence-electron chi connectivity index (χ0n) is 15.5. The number of rotatable bonds is 5. The summed E-state index contributed by atoms with van der Waals surface area (Å²) < 4.78 is 4.59. The van der Waals surface area contributed by atoms with Gasteiger partial charge in [-0.15, -0.1) is 0 Å². The molecule has 0 spiro atoms. The lowest BCUT2D eigenvalue weighted by molar-refractivity contribution is -0.151. The number of hydrogen-bond acceptors (Lipinski definition) is 7. The summed E-state index contributed by atoms with van der Waals surface area (Å²) in [5, 5.41) is 21.4. The first kappa shape index (κ1) is 20.6. The molecule has 0 aromatic heterocycles. The molecule has 152 valence electrons. The van der Waals surface area contributed by atoms with Crippen molar-refractivity contribution in [1.29, 1.82) is 0 Å². The molecule has 1 aromatic carbocycles. The van der Waals surface area contributed by atoms with Gasteiger partial charge in [0.25, 0.3) is 11.8 Å². The average molecular weight is 418 g/mol. The molecule has 9 nitrogen and oxygen atoms in total. The summed E-state index contributed by atoms with van der Waals surface area (Å²) in [7, 11) is 1.19. The zero-order valence-corrected chi connectivity index (χ0v) is 16.3. The van der Waals surface area contributed by atoms with Gasteiger partial charge in [-0.05, 0) is 18.1 Å². The summed E-state index contributed by atoms with van der Waals surface area (Å²) in [4.78, 5) is 49.6. The second kappa shape index (κ2) is 8.10. The molecule has 2 aliphatic rings. The number of β-lactam (4-membered cyclic amide) rings is 1. The van der Waals surface area contributed by atoms with E-state index in [2.05, 4.69) is 10.1 Å². The molecule has 0 saturated carbocycles. The number of methoxy groups -OCH3 is 1. The maximum atomic E-state index is 12.5. The fourth-order valence-electron chi connectivity index (χ4n) is 3.06. The van der Waals surface area contributed by atoms with E-state index in [1.807, 2.05) is 0 Å². The van der Waals surface area contributed by atoms with E-state index in [9.17, 15) is 29.4 Å². The van der Waals surface area contributed by atoms with Crippen LogP contribution in [0.25, 0.3) is 0 Å². The van der Waals surface area contributed by atoms with Crippen LogP contribution in [0, 0.1) is 0 Å². The molecule has 1 fully saturated rings. The Bertz CT molecular complexity index is 941. The number of aliphatic hydroxyl groups excluding tert-OH is 1. The first-order chi connectivity index (χ1) is 13.8. The van der Waals surface area contributed by atoms with E-state index in [4.69, 9.17) is 0 Å². The van der Waals surface area contributed by atoms with E-state index in [-0.39, 0.29) is 11.3 Å². The number of aliphatic hydroxyl groups is 1. The normalized spacial score (nSPS) is 23.2. The molecule has 0 aliphatic carbocycles. The molecule has 3 N–H and O–H groups in total. The molecule has 10 heteroatoms. The SMILES string of the molecule is COC(=O)/C=C1\SC2C(NC(=O)C(O)c3ccccc3)C(=O)N2C(C(=O)O)=C1C. The number of allylic oxidation sites excluding steroid dienone is 1. The predicted octanol–water partition coefficient (Wildman–Crippen LogP) is 0.535. The van der Waals surface area contributed by atoms with Gasteiger partial charge in [-0.3, -0.25) is 14.5 Å². The van der Waals surface area contributed by atoms with E-state index in [1.165, 1.54) is 14.0 Å². The van der Waals surface area contributed by atoms with E-state index < -0.39 is 41.3 Å². The van der Waals surface area contributed by atoms with Gasteiger partial charge < -0.3 is 20.3 Å². The van der Waals surface area contributed by atoms with Crippen LogP contribution < -0.4 is 5.32 Å². The highest BCUT2D eigenvalue weighted by Gasteiger charge is 2.55. The summed E-state index contributed by atoms with van der Waals surface area (Å²) in [6.07, 6.45) is -0.339. The summed E-state index contributed by atoms with van der Waals surface area (Å²) in [6, 6.07) is 7.15. The quantitative estimate of drug-likeness (QED) is 0.358. The molecule has 2 amide bonds. The van der Waals surface area contributed by atoms with Crippen LogP contribution >= 0.6 is 11.8 Å².